The third-order valence-corrected chi connectivity index (χ3v) is 4.23. The van der Waals surface area contributed by atoms with Crippen molar-refractivity contribution in [3.05, 3.63) is 0 Å². The second-order valence-electron chi connectivity index (χ2n) is 3.10. The molecule has 0 spiro atoms. The quantitative estimate of drug-likeness (QED) is 0.397. The van der Waals surface area contributed by atoms with Crippen LogP contribution in [0.1, 0.15) is 26.7 Å². The molecule has 0 amide bonds. The Morgan fingerprint density at radius 3 is 2.50 bits per heavy atom. The van der Waals surface area contributed by atoms with E-state index in [0.717, 1.165) is 19.4 Å². The number of hydrogen-bond donors (Lipinski definition) is 1. The molecule has 0 unspecified atom stereocenters. The van der Waals surface area contributed by atoms with E-state index in [1.807, 2.05) is 0 Å². The number of aliphatic hydroxyl groups excluding tert-OH is 1. The van der Waals surface area contributed by atoms with Crippen molar-refractivity contribution in [3.8, 4) is 11.5 Å². The van der Waals surface area contributed by atoms with E-state index in [1.165, 1.54) is 12.1 Å². The summed E-state index contributed by atoms with van der Waals surface area (Å²) in [6.45, 7) is 5.94. The average molecular weight is 213 g/mol. The third kappa shape index (κ3) is 8.30. The molecule has 0 rings (SSSR count). The van der Waals surface area contributed by atoms with Crippen molar-refractivity contribution in [2.45, 2.75) is 38.8 Å². The van der Waals surface area contributed by atoms with Gasteiger partial charge in [-0.1, -0.05) is 31.9 Å². The Hall–Kier alpha value is -0.303. The molecule has 0 aliphatic rings. The highest BCUT2D eigenvalue weighted by Gasteiger charge is 1.99. The zero-order valence-corrected chi connectivity index (χ0v) is 10.3. The number of ether oxygens (including phenoxy) is 1. The van der Waals surface area contributed by atoms with E-state index in [9.17, 15) is 0 Å². The van der Waals surface area contributed by atoms with Crippen LogP contribution in [-0.4, -0.2) is 33.7 Å². The van der Waals surface area contributed by atoms with Crippen molar-refractivity contribution in [1.29, 1.82) is 0 Å². The molecule has 0 bridgehead atoms. The Morgan fingerprint density at radius 1 is 1.21 bits per heavy atom. The van der Waals surface area contributed by atoms with Crippen LogP contribution < -0.4 is 0 Å². The first-order valence-corrected chi connectivity index (χ1v) is 7.28. The van der Waals surface area contributed by atoms with Gasteiger partial charge in [0.05, 0.1) is 0 Å². The molecule has 0 aliphatic heterocycles. The fourth-order valence-corrected chi connectivity index (χ4v) is 2.20. The predicted octanol–water partition coefficient (Wildman–Crippen LogP) is 1.85. The normalized spacial score (nSPS) is 10.0. The zero-order chi connectivity index (χ0) is 10.6. The highest BCUT2D eigenvalue weighted by molar-refractivity contribution is 6.67. The standard InChI is InChI=1S/C11H21O2Si/c1-3-14(4-2)11-7-10-13-9-6-5-8-12/h12H,3-6,8-10H2,1-2H3. The lowest BCUT2D eigenvalue weighted by atomic mass is 10.3. The van der Waals surface area contributed by atoms with E-state index in [1.54, 1.807) is 0 Å². The summed E-state index contributed by atoms with van der Waals surface area (Å²) in [7, 11) is -0.402. The number of rotatable bonds is 7. The van der Waals surface area contributed by atoms with Crippen LogP contribution in [0.25, 0.3) is 0 Å². The second-order valence-corrected chi connectivity index (χ2v) is 5.97. The largest absolute Gasteiger partial charge is 0.396 e. The van der Waals surface area contributed by atoms with Gasteiger partial charge in [0.2, 0.25) is 0 Å². The highest BCUT2D eigenvalue weighted by Crippen LogP contribution is 1.95. The summed E-state index contributed by atoms with van der Waals surface area (Å²) >= 11 is 0. The van der Waals surface area contributed by atoms with Crippen LogP contribution in [-0.2, 0) is 4.74 Å². The molecule has 0 fully saturated rings. The Labute approximate surface area is 89.3 Å². The summed E-state index contributed by atoms with van der Waals surface area (Å²) in [5.74, 6) is 3.07. The van der Waals surface area contributed by atoms with Crippen LogP contribution in [0.4, 0.5) is 0 Å². The number of hydrogen-bond acceptors (Lipinski definition) is 2. The Balaban J connectivity index is 3.32. The summed E-state index contributed by atoms with van der Waals surface area (Å²) < 4.78 is 5.31. The molecule has 0 aromatic rings. The summed E-state index contributed by atoms with van der Waals surface area (Å²) in [5, 5.41) is 8.53. The van der Waals surface area contributed by atoms with Gasteiger partial charge in [0, 0.05) is 13.2 Å². The molecule has 0 atom stereocenters. The van der Waals surface area contributed by atoms with Crippen LogP contribution in [0, 0.1) is 11.5 Å². The molecule has 0 aromatic heterocycles. The lowest BCUT2D eigenvalue weighted by Crippen LogP contribution is -2.06. The van der Waals surface area contributed by atoms with Gasteiger partial charge in [0.15, 0.2) is 0 Å². The van der Waals surface area contributed by atoms with Gasteiger partial charge in [0.1, 0.15) is 15.4 Å². The number of unbranched alkanes of at least 4 members (excludes halogenated alkanes) is 1. The van der Waals surface area contributed by atoms with Gasteiger partial charge in [-0.05, 0) is 12.8 Å². The third-order valence-electron chi connectivity index (χ3n) is 1.99. The van der Waals surface area contributed by atoms with Crippen molar-refractivity contribution in [1.82, 2.24) is 0 Å². The summed E-state index contributed by atoms with van der Waals surface area (Å²) in [4.78, 5) is 0. The van der Waals surface area contributed by atoms with Gasteiger partial charge >= 0.3 is 0 Å². The molecule has 2 nitrogen and oxygen atoms in total. The highest BCUT2D eigenvalue weighted by atomic mass is 28.3. The molecule has 81 valence electrons. The Morgan fingerprint density at radius 2 is 1.93 bits per heavy atom. The van der Waals surface area contributed by atoms with E-state index >= 15 is 0 Å². The Kier molecular flexibility index (Phi) is 10.5. The molecule has 0 heterocycles. The lowest BCUT2D eigenvalue weighted by molar-refractivity contribution is 0.154. The molecule has 0 saturated heterocycles. The molecule has 1 radical (unpaired) electrons. The first kappa shape index (κ1) is 13.7. The minimum absolute atomic E-state index is 0.258. The fraction of sp³-hybridized carbons (Fsp3) is 0.818. The number of aliphatic hydroxyl groups is 1. The van der Waals surface area contributed by atoms with Crippen molar-refractivity contribution in [3.63, 3.8) is 0 Å². The van der Waals surface area contributed by atoms with Crippen molar-refractivity contribution < 1.29 is 9.84 Å². The van der Waals surface area contributed by atoms with Crippen LogP contribution >= 0.6 is 0 Å². The van der Waals surface area contributed by atoms with Crippen molar-refractivity contribution in [2.24, 2.45) is 0 Å². The van der Waals surface area contributed by atoms with E-state index in [4.69, 9.17) is 9.84 Å². The molecule has 0 aromatic carbocycles. The average Bonchev–Trinajstić information content (AvgIpc) is 2.22. The maximum atomic E-state index is 8.53. The van der Waals surface area contributed by atoms with Gasteiger partial charge in [0.25, 0.3) is 0 Å². The minimum Gasteiger partial charge on any atom is -0.396 e. The predicted molar refractivity (Wildman–Crippen MR) is 61.6 cm³/mol. The van der Waals surface area contributed by atoms with Crippen molar-refractivity contribution in [2.75, 3.05) is 19.8 Å². The van der Waals surface area contributed by atoms with E-state index < -0.39 is 8.80 Å². The molecule has 1 N–H and O–H groups in total. The lowest BCUT2D eigenvalue weighted by Gasteiger charge is -1.99. The van der Waals surface area contributed by atoms with E-state index in [0.29, 0.717) is 6.61 Å². The maximum Gasteiger partial charge on any atom is 0.144 e. The zero-order valence-electron chi connectivity index (χ0n) is 9.31. The topological polar surface area (TPSA) is 29.5 Å². The molecule has 0 saturated carbocycles. The van der Waals surface area contributed by atoms with Crippen molar-refractivity contribution >= 4 is 8.80 Å². The molecule has 3 heteroatoms. The first-order chi connectivity index (χ1) is 6.85. The first-order valence-electron chi connectivity index (χ1n) is 5.37. The monoisotopic (exact) mass is 213 g/mol. The van der Waals surface area contributed by atoms with Crippen LogP contribution in [0.15, 0.2) is 0 Å². The minimum atomic E-state index is -0.402. The summed E-state index contributed by atoms with van der Waals surface area (Å²) in [6, 6.07) is 2.44. The SMILES string of the molecule is CC[Si](C#CCOCCCCO)CC. The van der Waals surface area contributed by atoms with Gasteiger partial charge in [-0.25, -0.2) is 0 Å². The van der Waals surface area contributed by atoms with Gasteiger partial charge in [-0.2, -0.15) is 0 Å². The smallest absolute Gasteiger partial charge is 0.144 e. The maximum absolute atomic E-state index is 8.53. The van der Waals surface area contributed by atoms with Gasteiger partial charge in [-0.15, -0.1) is 5.54 Å². The summed E-state index contributed by atoms with van der Waals surface area (Å²) in [6.07, 6.45) is 1.75. The van der Waals surface area contributed by atoms with Crippen LogP contribution in [0.2, 0.25) is 12.1 Å². The van der Waals surface area contributed by atoms with Gasteiger partial charge < -0.3 is 9.84 Å². The summed E-state index contributed by atoms with van der Waals surface area (Å²) in [5.41, 5.74) is 3.29. The van der Waals surface area contributed by atoms with E-state index in [2.05, 4.69) is 25.3 Å². The van der Waals surface area contributed by atoms with Gasteiger partial charge in [-0.3, -0.25) is 0 Å². The van der Waals surface area contributed by atoms with Crippen LogP contribution in [0.5, 0.6) is 0 Å². The fourth-order valence-electron chi connectivity index (χ4n) is 1.03. The second kappa shape index (κ2) is 10.8. The van der Waals surface area contributed by atoms with E-state index in [-0.39, 0.29) is 6.61 Å². The van der Waals surface area contributed by atoms with Crippen LogP contribution in [0.3, 0.4) is 0 Å². The molecule has 14 heavy (non-hydrogen) atoms. The Bertz CT molecular complexity index is 168. The molecular weight excluding hydrogens is 192 g/mol. The molecular formula is C11H21O2Si. The molecule has 0 aliphatic carbocycles.